The molecule has 3 rings (SSSR count). The Morgan fingerprint density at radius 1 is 1.30 bits per heavy atom. The summed E-state index contributed by atoms with van der Waals surface area (Å²) in [5, 5.41) is 1.49. The van der Waals surface area contributed by atoms with Crippen LogP contribution < -0.4 is 5.56 Å². The summed E-state index contributed by atoms with van der Waals surface area (Å²) in [4.78, 5) is 27.8. The van der Waals surface area contributed by atoms with Gasteiger partial charge in [0.1, 0.15) is 10.9 Å². The molecule has 20 heavy (non-hydrogen) atoms. The topological polar surface area (TPSA) is 71.5 Å². The molecule has 3 aromatic rings. The Morgan fingerprint density at radius 2 is 2.15 bits per heavy atom. The number of halogens is 1. The first kappa shape index (κ1) is 13.1. The van der Waals surface area contributed by atoms with E-state index in [4.69, 9.17) is 11.6 Å². The minimum absolute atomic E-state index is 0.237. The van der Waals surface area contributed by atoms with Crippen LogP contribution in [-0.4, -0.2) is 19.9 Å². The first-order chi connectivity index (χ1) is 9.65. The first-order valence-electron chi connectivity index (χ1n) is 5.78. The van der Waals surface area contributed by atoms with Gasteiger partial charge in [-0.2, -0.15) is 0 Å². The van der Waals surface area contributed by atoms with E-state index in [1.165, 1.54) is 11.8 Å². The second-order valence-corrected chi connectivity index (χ2v) is 5.51. The van der Waals surface area contributed by atoms with E-state index < -0.39 is 0 Å². The number of aromatic nitrogens is 4. The van der Waals surface area contributed by atoms with Crippen LogP contribution in [0.5, 0.6) is 0 Å². The maximum absolute atomic E-state index is 12.0. The number of H-pyrrole nitrogens is 1. The maximum Gasteiger partial charge on any atom is 0.260 e. The number of nitrogens with one attached hydrogen (secondary N) is 1. The summed E-state index contributed by atoms with van der Waals surface area (Å²) in [6.45, 7) is 1.73. The number of hydrogen-bond acceptors (Lipinski definition) is 5. The lowest BCUT2D eigenvalue weighted by atomic mass is 10.2. The molecule has 100 valence electrons. The Labute approximate surface area is 123 Å². The molecule has 5 nitrogen and oxygen atoms in total. The molecule has 7 heteroatoms. The van der Waals surface area contributed by atoms with E-state index in [1.807, 2.05) is 6.07 Å². The molecule has 0 bridgehead atoms. The van der Waals surface area contributed by atoms with Gasteiger partial charge >= 0.3 is 0 Å². The molecule has 1 N–H and O–H groups in total. The highest BCUT2D eigenvalue weighted by Crippen LogP contribution is 2.34. The molecular weight excluding hydrogens is 296 g/mol. The predicted octanol–water partition coefficient (Wildman–Crippen LogP) is 2.83. The molecule has 0 saturated carbocycles. The van der Waals surface area contributed by atoms with E-state index in [0.29, 0.717) is 26.8 Å². The van der Waals surface area contributed by atoms with Gasteiger partial charge in [-0.1, -0.05) is 23.4 Å². The summed E-state index contributed by atoms with van der Waals surface area (Å²) < 4.78 is 0. The van der Waals surface area contributed by atoms with E-state index in [2.05, 4.69) is 19.9 Å². The maximum atomic E-state index is 12.0. The van der Waals surface area contributed by atoms with Crippen LogP contribution in [0.25, 0.3) is 10.9 Å². The fourth-order valence-electron chi connectivity index (χ4n) is 1.82. The molecule has 0 aliphatic rings. The second kappa shape index (κ2) is 5.22. The summed E-state index contributed by atoms with van der Waals surface area (Å²) >= 11 is 7.68. The number of nitrogens with zero attached hydrogens (tertiary/aromatic N) is 3. The fraction of sp³-hybridized carbons (Fsp3) is 0.0769. The lowest BCUT2D eigenvalue weighted by Crippen LogP contribution is -2.10. The summed E-state index contributed by atoms with van der Waals surface area (Å²) in [7, 11) is 0. The third kappa shape index (κ3) is 2.39. The first-order valence-corrected chi connectivity index (χ1v) is 6.97. The third-order valence-electron chi connectivity index (χ3n) is 2.65. The van der Waals surface area contributed by atoms with E-state index in [0.717, 1.165) is 4.90 Å². The van der Waals surface area contributed by atoms with Gasteiger partial charge in [0.2, 0.25) is 0 Å². The molecule has 0 radical (unpaired) electrons. The van der Waals surface area contributed by atoms with Crippen molar-refractivity contribution >= 4 is 34.3 Å². The largest absolute Gasteiger partial charge is 0.310 e. The van der Waals surface area contributed by atoms with Crippen LogP contribution in [0, 0.1) is 6.92 Å². The van der Waals surface area contributed by atoms with Gasteiger partial charge in [0.05, 0.1) is 22.1 Å². The molecule has 1 aromatic carbocycles. The number of aryl methyl sites for hydroxylation is 1. The number of fused-ring (bicyclic) bond motifs is 1. The molecule has 0 spiro atoms. The van der Waals surface area contributed by atoms with Crippen molar-refractivity contribution in [2.75, 3.05) is 0 Å². The van der Waals surface area contributed by atoms with Gasteiger partial charge in [-0.05, 0) is 19.1 Å². The van der Waals surface area contributed by atoms with Gasteiger partial charge in [0.25, 0.3) is 5.56 Å². The zero-order valence-electron chi connectivity index (χ0n) is 10.4. The smallest absolute Gasteiger partial charge is 0.260 e. The van der Waals surface area contributed by atoms with Crippen molar-refractivity contribution in [3.8, 4) is 0 Å². The lowest BCUT2D eigenvalue weighted by Gasteiger charge is -2.06. The molecule has 0 atom stereocenters. The predicted molar refractivity (Wildman–Crippen MR) is 78.3 cm³/mol. The molecule has 0 unspecified atom stereocenters. The quantitative estimate of drug-likeness (QED) is 0.788. The van der Waals surface area contributed by atoms with Crippen LogP contribution in [0.2, 0.25) is 5.02 Å². The monoisotopic (exact) mass is 304 g/mol. The highest BCUT2D eigenvalue weighted by molar-refractivity contribution is 7.99. The van der Waals surface area contributed by atoms with Crippen LogP contribution in [0.4, 0.5) is 0 Å². The summed E-state index contributed by atoms with van der Waals surface area (Å²) in [5.74, 6) is 0.563. The summed E-state index contributed by atoms with van der Waals surface area (Å²) in [6.07, 6.45) is 4.85. The Balaban J connectivity index is 2.14. The Hall–Kier alpha value is -1.92. The van der Waals surface area contributed by atoms with Crippen LogP contribution in [0.1, 0.15) is 5.82 Å². The SMILES string of the molecule is Cc1nc2ccc(Sc3cnccn3)c(Cl)c2c(=O)[nH]1. The van der Waals surface area contributed by atoms with Gasteiger partial charge in [-0.15, -0.1) is 0 Å². The van der Waals surface area contributed by atoms with Gasteiger partial charge in [0, 0.05) is 17.3 Å². The molecule has 0 amide bonds. The van der Waals surface area contributed by atoms with Crippen molar-refractivity contribution in [2.24, 2.45) is 0 Å². The van der Waals surface area contributed by atoms with Gasteiger partial charge in [-0.25, -0.2) is 9.97 Å². The third-order valence-corrected chi connectivity index (χ3v) is 4.13. The van der Waals surface area contributed by atoms with E-state index in [-0.39, 0.29) is 5.56 Å². The van der Waals surface area contributed by atoms with Crippen LogP contribution in [0.3, 0.4) is 0 Å². The second-order valence-electron chi connectivity index (χ2n) is 4.07. The molecule has 0 aliphatic carbocycles. The average Bonchev–Trinajstić information content (AvgIpc) is 2.42. The number of aromatic amines is 1. The molecule has 0 saturated heterocycles. The van der Waals surface area contributed by atoms with Gasteiger partial charge in [0.15, 0.2) is 0 Å². The molecular formula is C13H9ClN4OS. The van der Waals surface area contributed by atoms with Crippen molar-refractivity contribution in [2.45, 2.75) is 16.8 Å². The molecule has 0 fully saturated rings. The van der Waals surface area contributed by atoms with Crippen molar-refractivity contribution in [3.63, 3.8) is 0 Å². The van der Waals surface area contributed by atoms with E-state index >= 15 is 0 Å². The fourth-order valence-corrected chi connectivity index (χ4v) is 2.96. The van der Waals surface area contributed by atoms with Crippen LogP contribution in [-0.2, 0) is 0 Å². The minimum atomic E-state index is -0.237. The number of hydrogen-bond donors (Lipinski definition) is 1. The summed E-state index contributed by atoms with van der Waals surface area (Å²) in [5.41, 5.74) is 0.346. The van der Waals surface area contributed by atoms with Crippen molar-refractivity contribution in [1.82, 2.24) is 19.9 Å². The van der Waals surface area contributed by atoms with Crippen LogP contribution in [0.15, 0.2) is 45.4 Å². The van der Waals surface area contributed by atoms with Gasteiger partial charge in [-0.3, -0.25) is 9.78 Å². The van der Waals surface area contributed by atoms with E-state index in [1.54, 1.807) is 31.6 Å². The Morgan fingerprint density at radius 3 is 2.90 bits per heavy atom. The molecule has 0 aliphatic heterocycles. The van der Waals surface area contributed by atoms with Crippen LogP contribution >= 0.6 is 23.4 Å². The highest BCUT2D eigenvalue weighted by atomic mass is 35.5. The molecule has 2 heterocycles. The normalized spacial score (nSPS) is 10.9. The van der Waals surface area contributed by atoms with Crippen molar-refractivity contribution in [3.05, 3.63) is 51.9 Å². The molecule has 2 aromatic heterocycles. The van der Waals surface area contributed by atoms with Crippen molar-refractivity contribution in [1.29, 1.82) is 0 Å². The number of benzene rings is 1. The number of rotatable bonds is 2. The average molecular weight is 305 g/mol. The zero-order valence-corrected chi connectivity index (χ0v) is 12.0. The minimum Gasteiger partial charge on any atom is -0.310 e. The standard InChI is InChI=1S/C13H9ClN4OS/c1-7-17-8-2-3-9(12(14)11(8)13(19)18-7)20-10-6-15-4-5-16-10/h2-6H,1H3,(H,17,18,19). The Bertz CT molecular complexity index is 835. The lowest BCUT2D eigenvalue weighted by molar-refractivity contribution is 1.05. The van der Waals surface area contributed by atoms with E-state index in [9.17, 15) is 4.79 Å². The van der Waals surface area contributed by atoms with Gasteiger partial charge < -0.3 is 4.98 Å². The van der Waals surface area contributed by atoms with Crippen molar-refractivity contribution < 1.29 is 0 Å². The summed E-state index contributed by atoms with van der Waals surface area (Å²) in [6, 6.07) is 3.61. The highest BCUT2D eigenvalue weighted by Gasteiger charge is 2.12. The zero-order chi connectivity index (χ0) is 14.1. The Kier molecular flexibility index (Phi) is 3.42.